The average molecular weight is 313 g/mol. The summed E-state index contributed by atoms with van der Waals surface area (Å²) in [6.45, 7) is 7.15. The summed E-state index contributed by atoms with van der Waals surface area (Å²) in [5.41, 5.74) is 1.17. The van der Waals surface area contributed by atoms with Crippen molar-refractivity contribution in [3.8, 4) is 5.75 Å². The fourth-order valence-electron chi connectivity index (χ4n) is 2.18. The number of hydrogen-bond donors (Lipinski definition) is 2. The average Bonchev–Trinajstić information content (AvgIpc) is 2.43. The van der Waals surface area contributed by atoms with E-state index in [2.05, 4.69) is 30.5 Å². The van der Waals surface area contributed by atoms with Crippen LogP contribution in [0.15, 0.2) is 24.3 Å². The Hall–Kier alpha value is -1.26. The minimum atomic E-state index is -0.0455. The number of benzene rings is 1. The molecule has 0 aliphatic carbocycles. The summed E-state index contributed by atoms with van der Waals surface area (Å²) in [6.07, 6.45) is 1.06. The van der Waals surface area contributed by atoms with Crippen molar-refractivity contribution >= 4 is 18.3 Å². The van der Waals surface area contributed by atoms with Crippen LogP contribution in [0.1, 0.15) is 31.7 Å². The van der Waals surface area contributed by atoms with E-state index in [9.17, 15) is 4.79 Å². The molecule has 1 fully saturated rings. The van der Waals surface area contributed by atoms with E-state index in [1.165, 1.54) is 5.56 Å². The second-order valence-electron chi connectivity index (χ2n) is 5.46. The highest BCUT2D eigenvalue weighted by molar-refractivity contribution is 5.85. The van der Waals surface area contributed by atoms with Crippen LogP contribution in [0.5, 0.6) is 5.75 Å². The molecule has 5 heteroatoms. The van der Waals surface area contributed by atoms with E-state index >= 15 is 0 Å². The van der Waals surface area contributed by atoms with Gasteiger partial charge in [0.2, 0.25) is 0 Å². The molecule has 118 valence electrons. The van der Waals surface area contributed by atoms with Gasteiger partial charge in [-0.2, -0.15) is 0 Å². The molecule has 1 aromatic carbocycles. The molecule has 1 saturated heterocycles. The highest BCUT2D eigenvalue weighted by Gasteiger charge is 2.17. The normalized spacial score (nSPS) is 15.5. The van der Waals surface area contributed by atoms with Crippen LogP contribution in [-0.4, -0.2) is 32.1 Å². The van der Waals surface area contributed by atoms with Gasteiger partial charge in [0, 0.05) is 25.6 Å². The lowest BCUT2D eigenvalue weighted by Gasteiger charge is -2.27. The Morgan fingerprint density at radius 1 is 1.43 bits per heavy atom. The van der Waals surface area contributed by atoms with Crippen LogP contribution in [0.25, 0.3) is 0 Å². The fraction of sp³-hybridized carbons (Fsp3) is 0.562. The van der Waals surface area contributed by atoms with Gasteiger partial charge in [-0.1, -0.05) is 32.0 Å². The SMILES string of the molecule is CCC(C)c1ccccc1OCC(=O)NCC1CNC1.Cl. The summed E-state index contributed by atoms with van der Waals surface area (Å²) in [5.74, 6) is 1.79. The van der Waals surface area contributed by atoms with Crippen molar-refractivity contribution in [1.29, 1.82) is 0 Å². The highest BCUT2D eigenvalue weighted by atomic mass is 35.5. The van der Waals surface area contributed by atoms with Crippen molar-refractivity contribution in [3.63, 3.8) is 0 Å². The maximum atomic E-state index is 11.8. The zero-order valence-corrected chi connectivity index (χ0v) is 13.5. The predicted octanol–water partition coefficient (Wildman–Crippen LogP) is 2.34. The number of halogens is 1. The molecule has 1 heterocycles. The van der Waals surface area contributed by atoms with Crippen molar-refractivity contribution in [2.45, 2.75) is 26.2 Å². The molecule has 2 rings (SSSR count). The number of nitrogens with one attached hydrogen (secondary N) is 2. The molecule has 1 unspecified atom stereocenters. The molecule has 1 atom stereocenters. The Bertz CT molecular complexity index is 450. The summed E-state index contributed by atoms with van der Waals surface area (Å²) >= 11 is 0. The summed E-state index contributed by atoms with van der Waals surface area (Å²) in [6, 6.07) is 7.96. The van der Waals surface area contributed by atoms with E-state index in [-0.39, 0.29) is 24.9 Å². The van der Waals surface area contributed by atoms with Crippen LogP contribution in [-0.2, 0) is 4.79 Å². The number of ether oxygens (including phenoxy) is 1. The van der Waals surface area contributed by atoms with Gasteiger partial charge in [-0.15, -0.1) is 12.4 Å². The third-order valence-corrected chi connectivity index (χ3v) is 3.87. The zero-order chi connectivity index (χ0) is 14.4. The van der Waals surface area contributed by atoms with Gasteiger partial charge < -0.3 is 15.4 Å². The number of hydrogen-bond acceptors (Lipinski definition) is 3. The molecule has 1 aromatic rings. The van der Waals surface area contributed by atoms with E-state index in [1.54, 1.807) is 0 Å². The maximum Gasteiger partial charge on any atom is 0.257 e. The second kappa shape index (κ2) is 8.90. The Morgan fingerprint density at radius 2 is 2.14 bits per heavy atom. The summed E-state index contributed by atoms with van der Waals surface area (Å²) < 4.78 is 5.68. The molecule has 2 N–H and O–H groups in total. The molecule has 1 amide bonds. The third-order valence-electron chi connectivity index (χ3n) is 3.87. The molecule has 0 aromatic heterocycles. The molecule has 0 radical (unpaired) electrons. The minimum absolute atomic E-state index is 0. The first kappa shape index (κ1) is 17.8. The number of amides is 1. The molecule has 0 bridgehead atoms. The number of carbonyl (C=O) groups excluding carboxylic acids is 1. The van der Waals surface area contributed by atoms with Gasteiger partial charge in [-0.25, -0.2) is 0 Å². The lowest BCUT2D eigenvalue weighted by atomic mass is 9.98. The van der Waals surface area contributed by atoms with Crippen molar-refractivity contribution in [2.24, 2.45) is 5.92 Å². The second-order valence-corrected chi connectivity index (χ2v) is 5.46. The summed E-state index contributed by atoms with van der Waals surface area (Å²) in [5, 5.41) is 6.10. The van der Waals surface area contributed by atoms with Crippen LogP contribution < -0.4 is 15.4 Å². The van der Waals surface area contributed by atoms with Crippen LogP contribution in [0, 0.1) is 5.92 Å². The van der Waals surface area contributed by atoms with Crippen LogP contribution in [0.3, 0.4) is 0 Å². The molecule has 0 saturated carbocycles. The molecule has 0 spiro atoms. The maximum absolute atomic E-state index is 11.8. The van der Waals surface area contributed by atoms with Crippen molar-refractivity contribution in [3.05, 3.63) is 29.8 Å². The van der Waals surface area contributed by atoms with E-state index in [1.807, 2.05) is 18.2 Å². The first-order valence-corrected chi connectivity index (χ1v) is 7.39. The first-order chi connectivity index (χ1) is 9.70. The Kier molecular flexibility index (Phi) is 7.54. The molecular weight excluding hydrogens is 288 g/mol. The molecule has 1 aliphatic heterocycles. The third kappa shape index (κ3) is 5.21. The van der Waals surface area contributed by atoms with Gasteiger partial charge >= 0.3 is 0 Å². The Labute approximate surface area is 133 Å². The topological polar surface area (TPSA) is 50.4 Å². The summed E-state index contributed by atoms with van der Waals surface area (Å²) in [7, 11) is 0. The lowest BCUT2D eigenvalue weighted by molar-refractivity contribution is -0.123. The van der Waals surface area contributed by atoms with Crippen LogP contribution in [0.2, 0.25) is 0 Å². The quantitative estimate of drug-likeness (QED) is 0.812. The number of para-hydroxylation sites is 1. The van der Waals surface area contributed by atoms with Crippen molar-refractivity contribution < 1.29 is 9.53 Å². The van der Waals surface area contributed by atoms with Gasteiger partial charge in [-0.05, 0) is 24.0 Å². The standard InChI is InChI=1S/C16H24N2O2.ClH/c1-3-12(2)14-6-4-5-7-15(14)20-11-16(19)18-10-13-8-17-9-13;/h4-7,12-13,17H,3,8-11H2,1-2H3,(H,18,19);1H. The van der Waals surface area contributed by atoms with Crippen LogP contribution >= 0.6 is 12.4 Å². The smallest absolute Gasteiger partial charge is 0.257 e. The van der Waals surface area contributed by atoms with Gasteiger partial charge in [0.25, 0.3) is 5.91 Å². The van der Waals surface area contributed by atoms with Gasteiger partial charge in [0.05, 0.1) is 0 Å². The van der Waals surface area contributed by atoms with Gasteiger partial charge in [0.15, 0.2) is 6.61 Å². The fourth-order valence-corrected chi connectivity index (χ4v) is 2.18. The highest BCUT2D eigenvalue weighted by Crippen LogP contribution is 2.28. The van der Waals surface area contributed by atoms with E-state index in [0.29, 0.717) is 11.8 Å². The first-order valence-electron chi connectivity index (χ1n) is 7.39. The van der Waals surface area contributed by atoms with Gasteiger partial charge in [-0.3, -0.25) is 4.79 Å². The zero-order valence-electron chi connectivity index (χ0n) is 12.7. The van der Waals surface area contributed by atoms with Gasteiger partial charge in [0.1, 0.15) is 5.75 Å². The Morgan fingerprint density at radius 3 is 2.76 bits per heavy atom. The van der Waals surface area contributed by atoms with Crippen LogP contribution in [0.4, 0.5) is 0 Å². The molecular formula is C16H25ClN2O2. The lowest BCUT2D eigenvalue weighted by Crippen LogP contribution is -2.48. The number of carbonyl (C=O) groups is 1. The monoisotopic (exact) mass is 312 g/mol. The molecule has 4 nitrogen and oxygen atoms in total. The molecule has 21 heavy (non-hydrogen) atoms. The largest absolute Gasteiger partial charge is 0.483 e. The molecule has 1 aliphatic rings. The van der Waals surface area contributed by atoms with E-state index < -0.39 is 0 Å². The van der Waals surface area contributed by atoms with E-state index in [4.69, 9.17) is 4.74 Å². The minimum Gasteiger partial charge on any atom is -0.483 e. The van der Waals surface area contributed by atoms with Crippen molar-refractivity contribution in [1.82, 2.24) is 10.6 Å². The predicted molar refractivity (Wildman–Crippen MR) is 87.3 cm³/mol. The number of rotatable bonds is 7. The van der Waals surface area contributed by atoms with E-state index in [0.717, 1.165) is 31.8 Å². The Balaban J connectivity index is 0.00000220. The summed E-state index contributed by atoms with van der Waals surface area (Å²) in [4.78, 5) is 11.8. The van der Waals surface area contributed by atoms with Crippen molar-refractivity contribution in [2.75, 3.05) is 26.2 Å².